The minimum absolute atomic E-state index is 0.0956. The van der Waals surface area contributed by atoms with E-state index in [0.717, 1.165) is 17.0 Å². The van der Waals surface area contributed by atoms with Crippen LogP contribution >= 0.6 is 11.8 Å². The zero-order valence-electron chi connectivity index (χ0n) is 15.3. The number of nitrogens with zero attached hydrogens (tertiary/aromatic N) is 2. The van der Waals surface area contributed by atoms with Crippen molar-refractivity contribution in [3.63, 3.8) is 0 Å². The SMILES string of the molecule is O=C1CSc2ccc(C(=O)N3CCN(c4cccc(C(F)(F)F)c4)CC3)cc2N1. The summed E-state index contributed by atoms with van der Waals surface area (Å²) in [7, 11) is 0. The molecule has 0 radical (unpaired) electrons. The predicted octanol–water partition coefficient (Wildman–Crippen LogP) is 3.71. The number of rotatable bonds is 2. The van der Waals surface area contributed by atoms with Crippen molar-refractivity contribution >= 4 is 35.0 Å². The first-order valence-corrected chi connectivity index (χ1v) is 10.1. The van der Waals surface area contributed by atoms with E-state index in [4.69, 9.17) is 0 Å². The fourth-order valence-electron chi connectivity index (χ4n) is 3.45. The molecule has 5 nitrogen and oxygen atoms in total. The molecule has 9 heteroatoms. The molecule has 4 rings (SSSR count). The number of thioether (sulfide) groups is 1. The summed E-state index contributed by atoms with van der Waals surface area (Å²) in [5, 5.41) is 2.77. The molecule has 152 valence electrons. The molecule has 2 heterocycles. The Morgan fingerprint density at radius 2 is 1.79 bits per heavy atom. The van der Waals surface area contributed by atoms with Gasteiger partial charge in [0.25, 0.3) is 5.91 Å². The Morgan fingerprint density at radius 3 is 2.52 bits per heavy atom. The van der Waals surface area contributed by atoms with Gasteiger partial charge in [0.1, 0.15) is 0 Å². The van der Waals surface area contributed by atoms with E-state index in [0.29, 0.717) is 48.9 Å². The van der Waals surface area contributed by atoms with Crippen LogP contribution in [-0.2, 0) is 11.0 Å². The maximum Gasteiger partial charge on any atom is 0.416 e. The molecule has 0 bridgehead atoms. The average molecular weight is 421 g/mol. The Bertz CT molecular complexity index is 956. The van der Waals surface area contributed by atoms with Crippen molar-refractivity contribution in [2.24, 2.45) is 0 Å². The quantitative estimate of drug-likeness (QED) is 0.803. The zero-order chi connectivity index (χ0) is 20.6. The number of anilines is 2. The molecule has 2 aliphatic heterocycles. The lowest BCUT2D eigenvalue weighted by atomic mass is 10.1. The average Bonchev–Trinajstić information content (AvgIpc) is 2.72. The summed E-state index contributed by atoms with van der Waals surface area (Å²) in [5.41, 5.74) is 0.946. The number of halogens is 3. The third-order valence-electron chi connectivity index (χ3n) is 4.96. The number of fused-ring (bicyclic) bond motifs is 1. The van der Waals surface area contributed by atoms with Crippen molar-refractivity contribution in [1.82, 2.24) is 4.90 Å². The molecular formula is C20H18F3N3O2S. The fourth-order valence-corrected chi connectivity index (χ4v) is 4.23. The Morgan fingerprint density at radius 1 is 1.03 bits per heavy atom. The van der Waals surface area contributed by atoms with Gasteiger partial charge in [-0.15, -0.1) is 11.8 Å². The van der Waals surface area contributed by atoms with E-state index in [1.807, 2.05) is 11.0 Å². The van der Waals surface area contributed by atoms with Crippen LogP contribution < -0.4 is 10.2 Å². The summed E-state index contributed by atoms with van der Waals surface area (Å²) in [6, 6.07) is 10.5. The van der Waals surface area contributed by atoms with Crippen LogP contribution in [0.5, 0.6) is 0 Å². The molecule has 2 aromatic carbocycles. The van der Waals surface area contributed by atoms with E-state index in [9.17, 15) is 22.8 Å². The van der Waals surface area contributed by atoms with Gasteiger partial charge in [-0.3, -0.25) is 9.59 Å². The first-order valence-electron chi connectivity index (χ1n) is 9.09. The summed E-state index contributed by atoms with van der Waals surface area (Å²) in [5.74, 6) is 0.112. The molecule has 29 heavy (non-hydrogen) atoms. The number of carbonyl (C=O) groups excluding carboxylic acids is 2. The number of carbonyl (C=O) groups is 2. The van der Waals surface area contributed by atoms with Gasteiger partial charge < -0.3 is 15.1 Å². The van der Waals surface area contributed by atoms with Gasteiger partial charge in [0, 0.05) is 42.3 Å². The van der Waals surface area contributed by atoms with Crippen molar-refractivity contribution < 1.29 is 22.8 Å². The third kappa shape index (κ3) is 4.19. The van der Waals surface area contributed by atoms with Gasteiger partial charge in [-0.2, -0.15) is 13.2 Å². The first-order chi connectivity index (χ1) is 13.8. The van der Waals surface area contributed by atoms with Crippen LogP contribution in [0.1, 0.15) is 15.9 Å². The number of alkyl halides is 3. The van der Waals surface area contributed by atoms with Crippen molar-refractivity contribution in [3.8, 4) is 0 Å². The number of amides is 2. The monoisotopic (exact) mass is 421 g/mol. The van der Waals surface area contributed by atoms with Gasteiger partial charge in [-0.1, -0.05) is 6.07 Å². The van der Waals surface area contributed by atoms with E-state index in [2.05, 4.69) is 5.32 Å². The van der Waals surface area contributed by atoms with Crippen LogP contribution in [-0.4, -0.2) is 48.6 Å². The normalized spacial score (nSPS) is 17.0. The highest BCUT2D eigenvalue weighted by Gasteiger charge is 2.31. The summed E-state index contributed by atoms with van der Waals surface area (Å²) in [6.45, 7) is 1.72. The second kappa shape index (κ2) is 7.62. The molecule has 0 saturated carbocycles. The second-order valence-electron chi connectivity index (χ2n) is 6.88. The summed E-state index contributed by atoms with van der Waals surface area (Å²) < 4.78 is 38.8. The molecule has 1 N–H and O–H groups in total. The predicted molar refractivity (Wildman–Crippen MR) is 105 cm³/mol. The lowest BCUT2D eigenvalue weighted by Gasteiger charge is -2.36. The minimum atomic E-state index is -4.38. The molecule has 2 amide bonds. The van der Waals surface area contributed by atoms with E-state index in [-0.39, 0.29) is 11.8 Å². The van der Waals surface area contributed by atoms with Gasteiger partial charge in [0.05, 0.1) is 17.0 Å². The number of nitrogens with one attached hydrogen (secondary N) is 1. The van der Waals surface area contributed by atoms with Crippen LogP contribution in [0.2, 0.25) is 0 Å². The minimum Gasteiger partial charge on any atom is -0.368 e. The second-order valence-corrected chi connectivity index (χ2v) is 7.89. The molecule has 0 unspecified atom stereocenters. The van der Waals surface area contributed by atoms with Gasteiger partial charge >= 0.3 is 6.18 Å². The molecule has 0 aromatic heterocycles. The van der Waals surface area contributed by atoms with Crippen LogP contribution in [0, 0.1) is 0 Å². The Balaban J connectivity index is 1.43. The van der Waals surface area contributed by atoms with Crippen LogP contribution in [0.3, 0.4) is 0 Å². The van der Waals surface area contributed by atoms with Gasteiger partial charge in [-0.25, -0.2) is 0 Å². The number of hydrogen-bond donors (Lipinski definition) is 1. The number of piperazine rings is 1. The number of benzene rings is 2. The van der Waals surface area contributed by atoms with Crippen LogP contribution in [0.4, 0.5) is 24.5 Å². The van der Waals surface area contributed by atoms with Gasteiger partial charge in [0.2, 0.25) is 5.91 Å². The maximum atomic E-state index is 12.9. The standard InChI is InChI=1S/C20H18F3N3O2S/c21-20(22,23)14-2-1-3-15(11-14)25-6-8-26(9-7-25)19(28)13-4-5-17-16(10-13)24-18(27)12-29-17/h1-5,10-11H,6-9,12H2,(H,24,27). The zero-order valence-corrected chi connectivity index (χ0v) is 16.1. The van der Waals surface area contributed by atoms with Crippen molar-refractivity contribution in [2.75, 3.05) is 42.1 Å². The molecule has 2 aromatic rings. The highest BCUT2D eigenvalue weighted by atomic mass is 32.2. The molecule has 1 saturated heterocycles. The maximum absolute atomic E-state index is 12.9. The Kier molecular flexibility index (Phi) is 5.16. The lowest BCUT2D eigenvalue weighted by Crippen LogP contribution is -2.48. The highest BCUT2D eigenvalue weighted by molar-refractivity contribution is 8.00. The van der Waals surface area contributed by atoms with E-state index in [1.165, 1.54) is 17.8 Å². The molecular weight excluding hydrogens is 403 g/mol. The largest absolute Gasteiger partial charge is 0.416 e. The van der Waals surface area contributed by atoms with E-state index in [1.54, 1.807) is 23.1 Å². The summed E-state index contributed by atoms with van der Waals surface area (Å²) in [6.07, 6.45) is -4.38. The molecule has 0 spiro atoms. The highest BCUT2D eigenvalue weighted by Crippen LogP contribution is 2.33. The fraction of sp³-hybridized carbons (Fsp3) is 0.300. The molecule has 0 atom stereocenters. The lowest BCUT2D eigenvalue weighted by molar-refractivity contribution is -0.137. The Hall–Kier alpha value is -2.68. The van der Waals surface area contributed by atoms with Crippen molar-refractivity contribution in [2.45, 2.75) is 11.1 Å². The first kappa shape index (κ1) is 19.6. The van der Waals surface area contributed by atoms with Gasteiger partial charge in [-0.05, 0) is 36.4 Å². The third-order valence-corrected chi connectivity index (χ3v) is 6.04. The van der Waals surface area contributed by atoms with Crippen LogP contribution in [0.15, 0.2) is 47.4 Å². The van der Waals surface area contributed by atoms with E-state index < -0.39 is 11.7 Å². The van der Waals surface area contributed by atoms with Crippen molar-refractivity contribution in [3.05, 3.63) is 53.6 Å². The Labute approximate surface area is 169 Å². The molecule has 1 fully saturated rings. The summed E-state index contributed by atoms with van der Waals surface area (Å²) >= 11 is 1.43. The van der Waals surface area contributed by atoms with Crippen LogP contribution in [0.25, 0.3) is 0 Å². The smallest absolute Gasteiger partial charge is 0.368 e. The van der Waals surface area contributed by atoms with Gasteiger partial charge in [0.15, 0.2) is 0 Å². The number of hydrogen-bond acceptors (Lipinski definition) is 4. The van der Waals surface area contributed by atoms with Crippen molar-refractivity contribution in [1.29, 1.82) is 0 Å². The summed E-state index contributed by atoms with van der Waals surface area (Å²) in [4.78, 5) is 28.9. The molecule has 2 aliphatic rings. The van der Waals surface area contributed by atoms with E-state index >= 15 is 0 Å². The molecule has 0 aliphatic carbocycles. The topological polar surface area (TPSA) is 52.7 Å².